The third-order valence-electron chi connectivity index (χ3n) is 3.50. The minimum atomic E-state index is 0.147. The van der Waals surface area contributed by atoms with Crippen molar-refractivity contribution in [2.24, 2.45) is 11.7 Å². The summed E-state index contributed by atoms with van der Waals surface area (Å²) in [6.45, 7) is 0.565. The van der Waals surface area contributed by atoms with Gasteiger partial charge in [-0.25, -0.2) is 0 Å². The number of hydrogen-bond acceptors (Lipinski definition) is 2. The minimum Gasteiger partial charge on any atom is -0.352 e. The Bertz CT molecular complexity index is 373. The van der Waals surface area contributed by atoms with Crippen LogP contribution in [-0.2, 0) is 11.2 Å². The van der Waals surface area contributed by atoms with Crippen molar-refractivity contribution in [3.05, 3.63) is 35.9 Å². The van der Waals surface area contributed by atoms with Gasteiger partial charge in [0.05, 0.1) is 0 Å². The number of aryl methyl sites for hydroxylation is 1. The van der Waals surface area contributed by atoms with E-state index in [0.717, 1.165) is 12.8 Å². The number of carbonyl (C=O) groups excluding carboxylic acids is 1. The molecule has 0 radical (unpaired) electrons. The molecule has 1 atom stereocenters. The first-order valence-corrected chi connectivity index (χ1v) is 6.83. The van der Waals surface area contributed by atoms with E-state index in [0.29, 0.717) is 18.9 Å². The molecule has 1 aliphatic carbocycles. The molecule has 1 aromatic carbocycles. The Morgan fingerprint density at radius 2 is 2.06 bits per heavy atom. The minimum absolute atomic E-state index is 0.147. The molecule has 18 heavy (non-hydrogen) atoms. The lowest BCUT2D eigenvalue weighted by Crippen LogP contribution is -2.41. The molecule has 0 spiro atoms. The zero-order valence-electron chi connectivity index (χ0n) is 10.8. The second kappa shape index (κ2) is 6.55. The molecule has 1 amide bonds. The Morgan fingerprint density at radius 3 is 2.67 bits per heavy atom. The van der Waals surface area contributed by atoms with Gasteiger partial charge in [0.25, 0.3) is 0 Å². The highest BCUT2D eigenvalue weighted by atomic mass is 16.1. The fourth-order valence-electron chi connectivity index (χ4n) is 2.24. The normalized spacial score (nSPS) is 16.3. The topological polar surface area (TPSA) is 55.1 Å². The lowest BCUT2D eigenvalue weighted by atomic mass is 10.1. The van der Waals surface area contributed by atoms with Crippen LogP contribution in [0, 0.1) is 5.92 Å². The lowest BCUT2D eigenvalue weighted by molar-refractivity contribution is -0.122. The number of rotatable bonds is 7. The van der Waals surface area contributed by atoms with Crippen molar-refractivity contribution >= 4 is 5.91 Å². The van der Waals surface area contributed by atoms with Gasteiger partial charge in [0, 0.05) is 19.0 Å². The molecular formula is C15H22N2O. The van der Waals surface area contributed by atoms with E-state index in [4.69, 9.17) is 5.73 Å². The molecular weight excluding hydrogens is 224 g/mol. The van der Waals surface area contributed by atoms with Crippen LogP contribution >= 0.6 is 0 Å². The van der Waals surface area contributed by atoms with Crippen molar-refractivity contribution in [3.8, 4) is 0 Å². The van der Waals surface area contributed by atoms with Crippen molar-refractivity contribution in [1.82, 2.24) is 5.32 Å². The average molecular weight is 246 g/mol. The summed E-state index contributed by atoms with van der Waals surface area (Å²) in [6.07, 6.45) is 4.89. The summed E-state index contributed by atoms with van der Waals surface area (Å²) >= 11 is 0. The van der Waals surface area contributed by atoms with Crippen LogP contribution in [0.2, 0.25) is 0 Å². The van der Waals surface area contributed by atoms with E-state index >= 15 is 0 Å². The molecule has 0 heterocycles. The van der Waals surface area contributed by atoms with Crippen LogP contribution in [-0.4, -0.2) is 18.5 Å². The van der Waals surface area contributed by atoms with Gasteiger partial charge in [0.15, 0.2) is 0 Å². The van der Waals surface area contributed by atoms with Crippen LogP contribution in [0.25, 0.3) is 0 Å². The van der Waals surface area contributed by atoms with E-state index in [1.807, 2.05) is 18.2 Å². The average Bonchev–Trinajstić information content (AvgIpc) is 3.21. The van der Waals surface area contributed by atoms with Crippen LogP contribution < -0.4 is 11.1 Å². The van der Waals surface area contributed by atoms with Gasteiger partial charge in [-0.05, 0) is 37.2 Å². The van der Waals surface area contributed by atoms with Crippen molar-refractivity contribution < 1.29 is 4.79 Å². The maximum absolute atomic E-state index is 11.8. The molecule has 1 fully saturated rings. The van der Waals surface area contributed by atoms with E-state index in [-0.39, 0.29) is 11.9 Å². The van der Waals surface area contributed by atoms with E-state index in [1.54, 1.807) is 0 Å². The fourth-order valence-corrected chi connectivity index (χ4v) is 2.24. The van der Waals surface area contributed by atoms with Gasteiger partial charge < -0.3 is 11.1 Å². The van der Waals surface area contributed by atoms with Gasteiger partial charge in [-0.2, -0.15) is 0 Å². The summed E-state index contributed by atoms with van der Waals surface area (Å²) in [7, 11) is 0. The van der Waals surface area contributed by atoms with Gasteiger partial charge in [0.1, 0.15) is 0 Å². The molecule has 1 saturated carbocycles. The summed E-state index contributed by atoms with van der Waals surface area (Å²) in [5, 5.41) is 3.05. The Hall–Kier alpha value is -1.35. The highest BCUT2D eigenvalue weighted by Crippen LogP contribution is 2.32. The predicted octanol–water partition coefficient (Wildman–Crippen LogP) is 1.86. The van der Waals surface area contributed by atoms with E-state index in [2.05, 4.69) is 17.4 Å². The summed E-state index contributed by atoms with van der Waals surface area (Å²) in [6, 6.07) is 10.5. The molecule has 0 aliphatic heterocycles. The Labute approximate surface area is 109 Å². The van der Waals surface area contributed by atoms with Crippen LogP contribution in [0.3, 0.4) is 0 Å². The Morgan fingerprint density at radius 1 is 1.33 bits per heavy atom. The maximum Gasteiger partial charge on any atom is 0.220 e. The first-order chi connectivity index (χ1) is 8.79. The molecule has 98 valence electrons. The smallest absolute Gasteiger partial charge is 0.220 e. The van der Waals surface area contributed by atoms with Crippen LogP contribution in [0.15, 0.2) is 30.3 Å². The number of hydrogen-bond donors (Lipinski definition) is 2. The molecule has 1 aliphatic rings. The molecule has 0 aromatic heterocycles. The molecule has 1 unspecified atom stereocenters. The van der Waals surface area contributed by atoms with E-state index < -0.39 is 0 Å². The SMILES string of the molecule is NCC(NC(=O)CCCc1ccccc1)C1CC1. The largest absolute Gasteiger partial charge is 0.352 e. The maximum atomic E-state index is 11.8. The third-order valence-corrected chi connectivity index (χ3v) is 3.50. The summed E-state index contributed by atoms with van der Waals surface area (Å²) < 4.78 is 0. The first kappa shape index (κ1) is 13.1. The molecule has 1 aromatic rings. The molecule has 0 saturated heterocycles. The number of amides is 1. The monoisotopic (exact) mass is 246 g/mol. The quantitative estimate of drug-likeness (QED) is 0.771. The fraction of sp³-hybridized carbons (Fsp3) is 0.533. The van der Waals surface area contributed by atoms with Gasteiger partial charge >= 0.3 is 0 Å². The summed E-state index contributed by atoms with van der Waals surface area (Å²) in [5.74, 6) is 0.779. The predicted molar refractivity (Wildman–Crippen MR) is 73.1 cm³/mol. The van der Waals surface area contributed by atoms with Gasteiger partial charge in [-0.15, -0.1) is 0 Å². The Balaban J connectivity index is 1.65. The van der Waals surface area contributed by atoms with Crippen LogP contribution in [0.5, 0.6) is 0 Å². The standard InChI is InChI=1S/C15H22N2O/c16-11-14(13-9-10-13)17-15(18)8-4-7-12-5-2-1-3-6-12/h1-3,5-6,13-14H,4,7-11,16H2,(H,17,18). The number of nitrogens with two attached hydrogens (primary N) is 1. The van der Waals surface area contributed by atoms with Crippen LogP contribution in [0.4, 0.5) is 0 Å². The van der Waals surface area contributed by atoms with E-state index in [1.165, 1.54) is 18.4 Å². The molecule has 3 heteroatoms. The van der Waals surface area contributed by atoms with Crippen molar-refractivity contribution in [2.75, 3.05) is 6.54 Å². The zero-order chi connectivity index (χ0) is 12.8. The molecule has 3 N–H and O–H groups in total. The second-order valence-electron chi connectivity index (χ2n) is 5.09. The number of carbonyl (C=O) groups is 1. The Kier molecular flexibility index (Phi) is 4.76. The van der Waals surface area contributed by atoms with E-state index in [9.17, 15) is 4.79 Å². The van der Waals surface area contributed by atoms with Crippen LogP contribution in [0.1, 0.15) is 31.2 Å². The third kappa shape index (κ3) is 4.15. The van der Waals surface area contributed by atoms with Gasteiger partial charge in [0.2, 0.25) is 5.91 Å². The number of benzene rings is 1. The second-order valence-corrected chi connectivity index (χ2v) is 5.09. The summed E-state index contributed by atoms with van der Waals surface area (Å²) in [4.78, 5) is 11.8. The lowest BCUT2D eigenvalue weighted by Gasteiger charge is -2.15. The summed E-state index contributed by atoms with van der Waals surface area (Å²) in [5.41, 5.74) is 6.96. The highest BCUT2D eigenvalue weighted by molar-refractivity contribution is 5.76. The number of nitrogens with one attached hydrogen (secondary N) is 1. The molecule has 3 nitrogen and oxygen atoms in total. The zero-order valence-corrected chi connectivity index (χ0v) is 10.8. The molecule has 2 rings (SSSR count). The van der Waals surface area contributed by atoms with Crippen molar-refractivity contribution in [3.63, 3.8) is 0 Å². The molecule has 0 bridgehead atoms. The van der Waals surface area contributed by atoms with Crippen molar-refractivity contribution in [1.29, 1.82) is 0 Å². The van der Waals surface area contributed by atoms with Gasteiger partial charge in [-0.3, -0.25) is 4.79 Å². The van der Waals surface area contributed by atoms with Gasteiger partial charge in [-0.1, -0.05) is 30.3 Å². The van der Waals surface area contributed by atoms with Crippen molar-refractivity contribution in [2.45, 2.75) is 38.1 Å². The first-order valence-electron chi connectivity index (χ1n) is 6.83. The highest BCUT2D eigenvalue weighted by Gasteiger charge is 2.30.